The highest BCUT2D eigenvalue weighted by Gasteiger charge is 2.39. The number of carbonyl (C=O) groups excluding carboxylic acids is 3. The van der Waals surface area contributed by atoms with E-state index in [0.717, 1.165) is 24.3 Å². The molecule has 6 heteroatoms. The minimum atomic E-state index is -0.264. The standard InChI is InChI=1S/C25H29N3O3/c1-18(20-6-4-3-5-7-20)28-17-22(16-24(28)30)25(31)27-14-12-26(13-15-27)23-10-8-21(9-11-23)19(2)29/h3-11,18,22H,12-17H2,1-2H3/t18-,22-/m0/s1. The molecule has 2 aromatic carbocycles. The average Bonchev–Trinajstić information content (AvgIpc) is 3.20. The van der Waals surface area contributed by atoms with Crippen LogP contribution in [0.4, 0.5) is 5.69 Å². The van der Waals surface area contributed by atoms with Crippen LogP contribution in [0.1, 0.15) is 42.2 Å². The zero-order chi connectivity index (χ0) is 22.0. The van der Waals surface area contributed by atoms with E-state index in [1.807, 2.05) is 71.3 Å². The Kier molecular flexibility index (Phi) is 6.07. The van der Waals surface area contributed by atoms with Gasteiger partial charge < -0.3 is 14.7 Å². The third-order valence-corrected chi connectivity index (χ3v) is 6.49. The molecule has 0 aromatic heterocycles. The predicted octanol–water partition coefficient (Wildman–Crippen LogP) is 3.15. The lowest BCUT2D eigenvalue weighted by molar-refractivity contribution is -0.136. The van der Waals surface area contributed by atoms with E-state index < -0.39 is 0 Å². The van der Waals surface area contributed by atoms with Crippen LogP contribution in [0.25, 0.3) is 0 Å². The number of hydrogen-bond acceptors (Lipinski definition) is 4. The molecule has 6 nitrogen and oxygen atoms in total. The minimum absolute atomic E-state index is 0.0266. The summed E-state index contributed by atoms with van der Waals surface area (Å²) in [5, 5.41) is 0. The highest BCUT2D eigenvalue weighted by Crippen LogP contribution is 2.30. The van der Waals surface area contributed by atoms with E-state index in [0.29, 0.717) is 31.6 Å². The molecule has 0 N–H and O–H groups in total. The summed E-state index contributed by atoms with van der Waals surface area (Å²) in [6, 6.07) is 17.6. The van der Waals surface area contributed by atoms with Gasteiger partial charge in [0, 0.05) is 50.4 Å². The molecular formula is C25H29N3O3. The van der Waals surface area contributed by atoms with Gasteiger partial charge in [-0.2, -0.15) is 0 Å². The number of amides is 2. The number of anilines is 1. The molecule has 2 aromatic rings. The van der Waals surface area contributed by atoms with Crippen molar-refractivity contribution in [3.63, 3.8) is 0 Å². The van der Waals surface area contributed by atoms with Crippen molar-refractivity contribution in [2.45, 2.75) is 26.3 Å². The van der Waals surface area contributed by atoms with Gasteiger partial charge in [-0.3, -0.25) is 14.4 Å². The van der Waals surface area contributed by atoms with Crippen molar-refractivity contribution < 1.29 is 14.4 Å². The summed E-state index contributed by atoms with van der Waals surface area (Å²) in [6.45, 7) is 6.86. The molecule has 0 bridgehead atoms. The van der Waals surface area contributed by atoms with Gasteiger partial charge in [0.05, 0.1) is 12.0 Å². The lowest BCUT2D eigenvalue weighted by atomic mass is 10.1. The van der Waals surface area contributed by atoms with Gasteiger partial charge in [-0.15, -0.1) is 0 Å². The van der Waals surface area contributed by atoms with Gasteiger partial charge in [0.1, 0.15) is 0 Å². The number of likely N-dealkylation sites (tertiary alicyclic amines) is 1. The molecule has 0 radical (unpaired) electrons. The van der Waals surface area contributed by atoms with Crippen molar-refractivity contribution in [1.82, 2.24) is 9.80 Å². The molecular weight excluding hydrogens is 390 g/mol. The molecule has 31 heavy (non-hydrogen) atoms. The number of rotatable bonds is 5. The van der Waals surface area contributed by atoms with Crippen LogP contribution in [0.2, 0.25) is 0 Å². The fraction of sp³-hybridized carbons (Fsp3) is 0.400. The van der Waals surface area contributed by atoms with Crippen LogP contribution in [-0.4, -0.2) is 60.1 Å². The van der Waals surface area contributed by atoms with Crippen molar-refractivity contribution >= 4 is 23.3 Å². The van der Waals surface area contributed by atoms with Crippen molar-refractivity contribution in [2.75, 3.05) is 37.6 Å². The largest absolute Gasteiger partial charge is 0.368 e. The van der Waals surface area contributed by atoms with E-state index in [1.54, 1.807) is 6.92 Å². The van der Waals surface area contributed by atoms with Crippen LogP contribution in [0.3, 0.4) is 0 Å². The average molecular weight is 420 g/mol. The van der Waals surface area contributed by atoms with E-state index in [-0.39, 0.29) is 29.6 Å². The molecule has 162 valence electrons. The zero-order valence-electron chi connectivity index (χ0n) is 18.2. The van der Waals surface area contributed by atoms with Gasteiger partial charge in [0.2, 0.25) is 11.8 Å². The third kappa shape index (κ3) is 4.48. The SMILES string of the molecule is CC(=O)c1ccc(N2CCN(C(=O)[C@H]3CC(=O)N([C@@H](C)c4ccccc4)C3)CC2)cc1. The van der Waals surface area contributed by atoms with Gasteiger partial charge in [-0.05, 0) is 43.7 Å². The number of benzene rings is 2. The highest BCUT2D eigenvalue weighted by atomic mass is 16.2. The molecule has 2 saturated heterocycles. The van der Waals surface area contributed by atoms with Gasteiger partial charge in [0.15, 0.2) is 5.78 Å². The molecule has 2 heterocycles. The van der Waals surface area contributed by atoms with E-state index in [2.05, 4.69) is 4.90 Å². The lowest BCUT2D eigenvalue weighted by Gasteiger charge is -2.37. The Morgan fingerprint density at radius 3 is 2.19 bits per heavy atom. The first-order valence-electron chi connectivity index (χ1n) is 10.9. The molecule has 0 aliphatic carbocycles. The van der Waals surface area contributed by atoms with Crippen molar-refractivity contribution in [2.24, 2.45) is 5.92 Å². The van der Waals surface area contributed by atoms with E-state index >= 15 is 0 Å². The molecule has 0 unspecified atom stereocenters. The smallest absolute Gasteiger partial charge is 0.228 e. The van der Waals surface area contributed by atoms with E-state index in [4.69, 9.17) is 0 Å². The number of nitrogens with zero attached hydrogens (tertiary/aromatic N) is 3. The number of ketones is 1. The Bertz CT molecular complexity index is 950. The van der Waals surface area contributed by atoms with E-state index in [9.17, 15) is 14.4 Å². The second-order valence-corrected chi connectivity index (χ2v) is 8.45. The second-order valence-electron chi connectivity index (χ2n) is 8.45. The van der Waals surface area contributed by atoms with Crippen LogP contribution in [0.5, 0.6) is 0 Å². The first-order valence-corrected chi connectivity index (χ1v) is 10.9. The van der Waals surface area contributed by atoms with Gasteiger partial charge in [-0.1, -0.05) is 30.3 Å². The summed E-state index contributed by atoms with van der Waals surface area (Å²) >= 11 is 0. The summed E-state index contributed by atoms with van der Waals surface area (Å²) < 4.78 is 0. The van der Waals surface area contributed by atoms with Crippen LogP contribution < -0.4 is 4.90 Å². The summed E-state index contributed by atoms with van der Waals surface area (Å²) in [7, 11) is 0. The zero-order valence-corrected chi connectivity index (χ0v) is 18.2. The quantitative estimate of drug-likeness (QED) is 0.699. The number of hydrogen-bond donors (Lipinski definition) is 0. The van der Waals surface area contributed by atoms with Crippen molar-refractivity contribution in [3.05, 3.63) is 65.7 Å². The molecule has 2 aliphatic heterocycles. The lowest BCUT2D eigenvalue weighted by Crippen LogP contribution is -2.50. The molecule has 2 amide bonds. The van der Waals surface area contributed by atoms with Crippen LogP contribution in [0, 0.1) is 5.92 Å². The number of piperazine rings is 1. The fourth-order valence-electron chi connectivity index (χ4n) is 4.53. The number of Topliss-reactive ketones (excluding diaryl/α,β-unsaturated/α-hetero) is 1. The maximum absolute atomic E-state index is 13.1. The number of carbonyl (C=O) groups is 3. The Hall–Kier alpha value is -3.15. The maximum atomic E-state index is 13.1. The molecule has 2 fully saturated rings. The normalized spacial score (nSPS) is 20.1. The molecule has 2 atom stereocenters. The topological polar surface area (TPSA) is 60.9 Å². The van der Waals surface area contributed by atoms with Crippen molar-refractivity contribution in [3.8, 4) is 0 Å². The van der Waals surface area contributed by atoms with Crippen molar-refractivity contribution in [1.29, 1.82) is 0 Å². The Morgan fingerprint density at radius 1 is 0.935 bits per heavy atom. The summed E-state index contributed by atoms with van der Waals surface area (Å²) in [5.74, 6) is -0.0645. The van der Waals surface area contributed by atoms with Gasteiger partial charge in [0.25, 0.3) is 0 Å². The van der Waals surface area contributed by atoms with Crippen LogP contribution in [-0.2, 0) is 9.59 Å². The second kappa shape index (κ2) is 8.92. The fourth-order valence-corrected chi connectivity index (χ4v) is 4.53. The molecule has 4 rings (SSSR count). The van der Waals surface area contributed by atoms with Gasteiger partial charge in [-0.25, -0.2) is 0 Å². The Morgan fingerprint density at radius 2 is 1.58 bits per heavy atom. The monoisotopic (exact) mass is 419 g/mol. The summed E-state index contributed by atoms with van der Waals surface area (Å²) in [4.78, 5) is 43.2. The van der Waals surface area contributed by atoms with Crippen LogP contribution >= 0.6 is 0 Å². The van der Waals surface area contributed by atoms with Gasteiger partial charge >= 0.3 is 0 Å². The Labute approximate surface area is 183 Å². The first kappa shape index (κ1) is 21.1. The highest BCUT2D eigenvalue weighted by molar-refractivity contribution is 5.94. The Balaban J connectivity index is 1.33. The molecule has 2 aliphatic rings. The predicted molar refractivity (Wildman–Crippen MR) is 120 cm³/mol. The maximum Gasteiger partial charge on any atom is 0.228 e. The molecule has 0 spiro atoms. The summed E-state index contributed by atoms with van der Waals surface area (Å²) in [6.07, 6.45) is 0.294. The minimum Gasteiger partial charge on any atom is -0.368 e. The molecule has 0 saturated carbocycles. The first-order chi connectivity index (χ1) is 14.9. The van der Waals surface area contributed by atoms with Crippen LogP contribution in [0.15, 0.2) is 54.6 Å². The third-order valence-electron chi connectivity index (χ3n) is 6.49. The van der Waals surface area contributed by atoms with E-state index in [1.165, 1.54) is 0 Å². The summed E-state index contributed by atoms with van der Waals surface area (Å²) in [5.41, 5.74) is 2.86.